The lowest BCUT2D eigenvalue weighted by atomic mass is 10.2. The maximum absolute atomic E-state index is 13.7. The van der Waals surface area contributed by atoms with Crippen LogP contribution in [0.3, 0.4) is 0 Å². The van der Waals surface area contributed by atoms with E-state index in [2.05, 4.69) is 5.32 Å². The van der Waals surface area contributed by atoms with E-state index in [0.29, 0.717) is 26.8 Å². The fraction of sp³-hybridized carbons (Fsp3) is 0.118. The fourth-order valence-corrected chi connectivity index (χ4v) is 3.70. The quantitative estimate of drug-likeness (QED) is 0.710. The first kappa shape index (κ1) is 16.5. The van der Waals surface area contributed by atoms with E-state index in [1.807, 2.05) is 0 Å². The number of carbonyl (C=O) groups is 1. The summed E-state index contributed by atoms with van der Waals surface area (Å²) in [5.41, 5.74) is 0.103. The Morgan fingerprint density at radius 1 is 1.17 bits per heavy atom. The van der Waals surface area contributed by atoms with Gasteiger partial charge in [0.05, 0.1) is 24.9 Å². The first-order valence-electron chi connectivity index (χ1n) is 6.95. The van der Waals surface area contributed by atoms with Crippen LogP contribution in [0, 0.1) is 5.82 Å². The van der Waals surface area contributed by atoms with Crippen molar-refractivity contribution in [1.29, 1.82) is 0 Å². The number of hydrogen-bond acceptors (Lipinski definition) is 4. The van der Waals surface area contributed by atoms with Gasteiger partial charge in [-0.05, 0) is 18.2 Å². The van der Waals surface area contributed by atoms with Crippen molar-refractivity contribution in [1.82, 2.24) is 0 Å². The molecule has 0 fully saturated rings. The Morgan fingerprint density at radius 3 is 2.50 bits per heavy atom. The molecule has 3 aromatic rings. The zero-order valence-electron chi connectivity index (χ0n) is 12.9. The van der Waals surface area contributed by atoms with Crippen molar-refractivity contribution in [3.8, 4) is 11.5 Å². The number of hydrogen-bond donors (Lipinski definition) is 1. The molecule has 1 heterocycles. The highest BCUT2D eigenvalue weighted by atomic mass is 35.5. The SMILES string of the molecule is COc1cc2sc(C(=O)Nc3ccccc3F)c(Cl)c2cc1OC. The Bertz CT molecular complexity index is 926. The third-order valence-electron chi connectivity index (χ3n) is 3.46. The molecule has 0 saturated carbocycles. The van der Waals surface area contributed by atoms with Crippen molar-refractivity contribution >= 4 is 44.6 Å². The van der Waals surface area contributed by atoms with Gasteiger partial charge in [0.2, 0.25) is 0 Å². The van der Waals surface area contributed by atoms with Gasteiger partial charge in [-0.15, -0.1) is 11.3 Å². The van der Waals surface area contributed by atoms with Crippen LogP contribution in [0.4, 0.5) is 10.1 Å². The summed E-state index contributed by atoms with van der Waals surface area (Å²) in [5, 5.41) is 3.51. The van der Waals surface area contributed by atoms with Gasteiger partial charge in [-0.1, -0.05) is 23.7 Å². The number of fused-ring (bicyclic) bond motifs is 1. The van der Waals surface area contributed by atoms with Crippen molar-refractivity contribution in [2.24, 2.45) is 0 Å². The summed E-state index contributed by atoms with van der Waals surface area (Å²) < 4.78 is 25.0. The molecule has 4 nitrogen and oxygen atoms in total. The molecule has 0 spiro atoms. The summed E-state index contributed by atoms with van der Waals surface area (Å²) in [7, 11) is 3.06. The van der Waals surface area contributed by atoms with Crippen LogP contribution in [0.25, 0.3) is 10.1 Å². The van der Waals surface area contributed by atoms with Gasteiger partial charge in [0.25, 0.3) is 5.91 Å². The van der Waals surface area contributed by atoms with Crippen molar-refractivity contribution in [2.45, 2.75) is 0 Å². The topological polar surface area (TPSA) is 47.6 Å². The molecule has 1 aromatic heterocycles. The van der Waals surface area contributed by atoms with Gasteiger partial charge in [-0.3, -0.25) is 4.79 Å². The molecule has 0 unspecified atom stereocenters. The molecule has 1 amide bonds. The van der Waals surface area contributed by atoms with E-state index in [9.17, 15) is 9.18 Å². The first-order chi connectivity index (χ1) is 11.5. The monoisotopic (exact) mass is 365 g/mol. The number of para-hydroxylation sites is 1. The van der Waals surface area contributed by atoms with Crippen LogP contribution in [0.15, 0.2) is 36.4 Å². The largest absolute Gasteiger partial charge is 0.493 e. The Labute approximate surface area is 146 Å². The second kappa shape index (κ2) is 6.67. The summed E-state index contributed by atoms with van der Waals surface area (Å²) in [6.07, 6.45) is 0. The third kappa shape index (κ3) is 2.90. The van der Waals surface area contributed by atoms with Gasteiger partial charge in [-0.25, -0.2) is 4.39 Å². The zero-order valence-corrected chi connectivity index (χ0v) is 14.4. The second-order valence-electron chi connectivity index (χ2n) is 4.88. The number of ether oxygens (including phenoxy) is 2. The summed E-state index contributed by atoms with van der Waals surface area (Å²) in [5.74, 6) is 0.0883. The Morgan fingerprint density at radius 2 is 1.83 bits per heavy atom. The number of thiophene rings is 1. The van der Waals surface area contributed by atoms with Crippen LogP contribution >= 0.6 is 22.9 Å². The van der Waals surface area contributed by atoms with E-state index in [4.69, 9.17) is 21.1 Å². The number of benzene rings is 2. The van der Waals surface area contributed by atoms with Crippen molar-refractivity contribution in [2.75, 3.05) is 19.5 Å². The number of rotatable bonds is 4. The van der Waals surface area contributed by atoms with E-state index in [1.165, 1.54) is 37.7 Å². The number of methoxy groups -OCH3 is 2. The number of anilines is 1. The van der Waals surface area contributed by atoms with Gasteiger partial charge >= 0.3 is 0 Å². The average Bonchev–Trinajstić information content (AvgIpc) is 2.91. The maximum atomic E-state index is 13.7. The standard InChI is InChI=1S/C17H13ClFNO3S/c1-22-12-7-9-14(8-13(12)23-2)24-16(15(9)18)17(21)20-11-6-4-3-5-10(11)19/h3-8H,1-2H3,(H,20,21). The maximum Gasteiger partial charge on any atom is 0.267 e. The smallest absolute Gasteiger partial charge is 0.267 e. The Hall–Kier alpha value is -2.31. The van der Waals surface area contributed by atoms with Gasteiger partial charge in [0.1, 0.15) is 10.7 Å². The normalized spacial score (nSPS) is 10.7. The summed E-state index contributed by atoms with van der Waals surface area (Å²) in [6.45, 7) is 0. The van der Waals surface area contributed by atoms with E-state index >= 15 is 0 Å². The molecule has 24 heavy (non-hydrogen) atoms. The molecule has 7 heteroatoms. The van der Waals surface area contributed by atoms with E-state index < -0.39 is 11.7 Å². The lowest BCUT2D eigenvalue weighted by Gasteiger charge is -2.07. The molecule has 0 aliphatic rings. The number of carbonyl (C=O) groups excluding carboxylic acids is 1. The van der Waals surface area contributed by atoms with Crippen LogP contribution in [0.2, 0.25) is 5.02 Å². The molecule has 124 valence electrons. The highest BCUT2D eigenvalue weighted by Crippen LogP contribution is 2.41. The lowest BCUT2D eigenvalue weighted by Crippen LogP contribution is -2.11. The zero-order chi connectivity index (χ0) is 17.3. The fourth-order valence-electron chi connectivity index (χ4n) is 2.28. The predicted octanol–water partition coefficient (Wildman–Crippen LogP) is 4.96. The second-order valence-corrected chi connectivity index (χ2v) is 6.31. The summed E-state index contributed by atoms with van der Waals surface area (Å²) >= 11 is 7.55. The Kier molecular flexibility index (Phi) is 4.59. The molecule has 3 rings (SSSR count). The van der Waals surface area contributed by atoms with Crippen molar-refractivity contribution < 1.29 is 18.7 Å². The molecule has 0 aliphatic carbocycles. The molecular weight excluding hydrogens is 353 g/mol. The molecule has 2 aromatic carbocycles. The van der Waals surface area contributed by atoms with Crippen LogP contribution in [-0.4, -0.2) is 20.1 Å². The number of amides is 1. The Balaban J connectivity index is 2.02. The molecule has 0 radical (unpaired) electrons. The van der Waals surface area contributed by atoms with E-state index in [1.54, 1.807) is 24.3 Å². The highest BCUT2D eigenvalue weighted by Gasteiger charge is 2.20. The van der Waals surface area contributed by atoms with Gasteiger partial charge in [0, 0.05) is 16.2 Å². The molecule has 0 saturated heterocycles. The molecule has 0 bridgehead atoms. The van der Waals surface area contributed by atoms with Crippen LogP contribution in [-0.2, 0) is 0 Å². The average molecular weight is 366 g/mol. The van der Waals surface area contributed by atoms with E-state index in [0.717, 1.165) is 4.70 Å². The van der Waals surface area contributed by atoms with Crippen LogP contribution in [0.1, 0.15) is 9.67 Å². The van der Waals surface area contributed by atoms with Crippen LogP contribution < -0.4 is 14.8 Å². The minimum Gasteiger partial charge on any atom is -0.493 e. The van der Waals surface area contributed by atoms with Crippen LogP contribution in [0.5, 0.6) is 11.5 Å². The first-order valence-corrected chi connectivity index (χ1v) is 8.14. The van der Waals surface area contributed by atoms with Crippen molar-refractivity contribution in [3.05, 3.63) is 52.1 Å². The molecular formula is C17H13ClFNO3S. The molecule has 0 aliphatic heterocycles. The van der Waals surface area contributed by atoms with Gasteiger partial charge in [-0.2, -0.15) is 0 Å². The summed E-state index contributed by atoms with van der Waals surface area (Å²) in [6, 6.07) is 9.42. The minimum atomic E-state index is -0.508. The third-order valence-corrected chi connectivity index (χ3v) is 5.12. The van der Waals surface area contributed by atoms with Gasteiger partial charge < -0.3 is 14.8 Å². The highest BCUT2D eigenvalue weighted by molar-refractivity contribution is 7.21. The van der Waals surface area contributed by atoms with E-state index in [-0.39, 0.29) is 5.69 Å². The summed E-state index contributed by atoms with van der Waals surface area (Å²) in [4.78, 5) is 12.7. The number of nitrogens with one attached hydrogen (secondary N) is 1. The van der Waals surface area contributed by atoms with Gasteiger partial charge in [0.15, 0.2) is 11.5 Å². The molecule has 1 N–H and O–H groups in total. The van der Waals surface area contributed by atoms with Crippen molar-refractivity contribution in [3.63, 3.8) is 0 Å². The lowest BCUT2D eigenvalue weighted by molar-refractivity contribution is 0.103. The number of halogens is 2. The predicted molar refractivity (Wildman–Crippen MR) is 94.3 cm³/mol. The molecule has 0 atom stereocenters. The minimum absolute atomic E-state index is 0.103.